The second kappa shape index (κ2) is 10.2. The standard InChI is InChI=1S/C21H26BrNO4/c1-23(12-11-16-6-9-19(26-3)20(14-16)27-4)21(24)10-7-15-5-8-18(25-2)17(22)13-15/h5-6,8-9,13-14H,7,10-12H2,1-4H3. The molecular formula is C21H26BrNO4. The lowest BCUT2D eigenvalue weighted by Gasteiger charge is -2.18. The molecule has 0 bridgehead atoms. The van der Waals surface area contributed by atoms with Gasteiger partial charge in [0, 0.05) is 20.0 Å². The zero-order valence-electron chi connectivity index (χ0n) is 16.3. The van der Waals surface area contributed by atoms with E-state index in [1.807, 2.05) is 43.4 Å². The summed E-state index contributed by atoms with van der Waals surface area (Å²) in [6, 6.07) is 11.7. The van der Waals surface area contributed by atoms with E-state index in [9.17, 15) is 4.79 Å². The first-order valence-corrected chi connectivity index (χ1v) is 9.55. The van der Waals surface area contributed by atoms with Crippen LogP contribution in [0.15, 0.2) is 40.9 Å². The minimum Gasteiger partial charge on any atom is -0.496 e. The van der Waals surface area contributed by atoms with Crippen LogP contribution in [-0.4, -0.2) is 45.7 Å². The number of likely N-dealkylation sites (N-methyl/N-ethyl adjacent to an activating group) is 1. The smallest absolute Gasteiger partial charge is 0.222 e. The van der Waals surface area contributed by atoms with Gasteiger partial charge in [0.2, 0.25) is 5.91 Å². The zero-order chi connectivity index (χ0) is 19.8. The summed E-state index contributed by atoms with van der Waals surface area (Å²) >= 11 is 3.48. The highest BCUT2D eigenvalue weighted by Crippen LogP contribution is 2.28. The largest absolute Gasteiger partial charge is 0.496 e. The van der Waals surface area contributed by atoms with Crippen LogP contribution in [0.4, 0.5) is 0 Å². The van der Waals surface area contributed by atoms with Crippen LogP contribution in [0.3, 0.4) is 0 Å². The van der Waals surface area contributed by atoms with Gasteiger partial charge in [-0.05, 0) is 64.2 Å². The molecular weight excluding hydrogens is 410 g/mol. The van der Waals surface area contributed by atoms with Crippen molar-refractivity contribution >= 4 is 21.8 Å². The van der Waals surface area contributed by atoms with Crippen molar-refractivity contribution in [1.29, 1.82) is 0 Å². The lowest BCUT2D eigenvalue weighted by Crippen LogP contribution is -2.29. The molecule has 1 amide bonds. The Morgan fingerprint density at radius 2 is 1.48 bits per heavy atom. The van der Waals surface area contributed by atoms with Gasteiger partial charge in [-0.2, -0.15) is 0 Å². The third kappa shape index (κ3) is 5.89. The van der Waals surface area contributed by atoms with E-state index in [4.69, 9.17) is 14.2 Å². The fourth-order valence-electron chi connectivity index (χ4n) is 2.77. The van der Waals surface area contributed by atoms with Crippen molar-refractivity contribution in [2.45, 2.75) is 19.3 Å². The summed E-state index contributed by atoms with van der Waals surface area (Å²) in [7, 11) is 6.71. The Balaban J connectivity index is 1.86. The highest BCUT2D eigenvalue weighted by atomic mass is 79.9. The molecule has 2 aromatic carbocycles. The summed E-state index contributed by atoms with van der Waals surface area (Å²) in [5, 5.41) is 0. The van der Waals surface area contributed by atoms with Crippen LogP contribution in [0.5, 0.6) is 17.2 Å². The van der Waals surface area contributed by atoms with Crippen LogP contribution in [0.2, 0.25) is 0 Å². The maximum atomic E-state index is 12.4. The van der Waals surface area contributed by atoms with Gasteiger partial charge in [-0.3, -0.25) is 4.79 Å². The number of rotatable bonds is 9. The third-order valence-electron chi connectivity index (χ3n) is 4.45. The van der Waals surface area contributed by atoms with Crippen molar-refractivity contribution in [2.75, 3.05) is 34.9 Å². The molecule has 0 aliphatic carbocycles. The first-order chi connectivity index (χ1) is 13.0. The molecule has 0 saturated carbocycles. The lowest BCUT2D eigenvalue weighted by atomic mass is 10.1. The lowest BCUT2D eigenvalue weighted by molar-refractivity contribution is -0.129. The molecule has 0 heterocycles. The van der Waals surface area contributed by atoms with Gasteiger partial charge >= 0.3 is 0 Å². The normalized spacial score (nSPS) is 10.4. The minimum absolute atomic E-state index is 0.127. The van der Waals surface area contributed by atoms with Crippen molar-refractivity contribution in [3.8, 4) is 17.2 Å². The van der Waals surface area contributed by atoms with E-state index in [-0.39, 0.29) is 5.91 Å². The predicted octanol–water partition coefficient (Wildman–Crippen LogP) is 4.11. The van der Waals surface area contributed by atoms with Crippen LogP contribution >= 0.6 is 15.9 Å². The number of halogens is 1. The molecule has 0 radical (unpaired) electrons. The summed E-state index contributed by atoms with van der Waals surface area (Å²) in [5.74, 6) is 2.32. The first-order valence-electron chi connectivity index (χ1n) is 8.75. The number of hydrogen-bond acceptors (Lipinski definition) is 4. The zero-order valence-corrected chi connectivity index (χ0v) is 17.8. The van der Waals surface area contributed by atoms with Gasteiger partial charge < -0.3 is 19.1 Å². The molecule has 0 N–H and O–H groups in total. The van der Waals surface area contributed by atoms with Gasteiger partial charge in [0.15, 0.2) is 11.5 Å². The number of carbonyl (C=O) groups excluding carboxylic acids is 1. The van der Waals surface area contributed by atoms with Crippen molar-refractivity contribution in [1.82, 2.24) is 4.90 Å². The Kier molecular flexibility index (Phi) is 7.98. The van der Waals surface area contributed by atoms with E-state index in [1.54, 1.807) is 26.2 Å². The van der Waals surface area contributed by atoms with Crippen molar-refractivity contribution in [2.24, 2.45) is 0 Å². The molecule has 2 rings (SSSR count). The Morgan fingerprint density at radius 1 is 0.889 bits per heavy atom. The van der Waals surface area contributed by atoms with Crippen LogP contribution < -0.4 is 14.2 Å². The summed E-state index contributed by atoms with van der Waals surface area (Å²) in [5.41, 5.74) is 2.20. The Hall–Kier alpha value is -2.21. The Labute approximate surface area is 169 Å². The number of hydrogen-bond donors (Lipinski definition) is 0. The highest BCUT2D eigenvalue weighted by Gasteiger charge is 2.11. The predicted molar refractivity (Wildman–Crippen MR) is 110 cm³/mol. The molecule has 5 nitrogen and oxygen atoms in total. The fraction of sp³-hybridized carbons (Fsp3) is 0.381. The summed E-state index contributed by atoms with van der Waals surface area (Å²) in [4.78, 5) is 14.2. The average molecular weight is 436 g/mol. The number of aryl methyl sites for hydroxylation is 1. The second-order valence-electron chi connectivity index (χ2n) is 6.22. The molecule has 0 aliphatic rings. The molecule has 27 heavy (non-hydrogen) atoms. The van der Waals surface area contributed by atoms with Crippen molar-refractivity contribution in [3.05, 3.63) is 52.0 Å². The number of nitrogens with zero attached hydrogens (tertiary/aromatic N) is 1. The Bertz CT molecular complexity index is 779. The minimum atomic E-state index is 0.127. The summed E-state index contributed by atoms with van der Waals surface area (Å²) in [6.07, 6.45) is 1.93. The first kappa shape index (κ1) is 21.1. The summed E-state index contributed by atoms with van der Waals surface area (Å²) in [6.45, 7) is 0.653. The van der Waals surface area contributed by atoms with Gasteiger partial charge in [0.05, 0.1) is 25.8 Å². The quantitative estimate of drug-likeness (QED) is 0.594. The maximum Gasteiger partial charge on any atom is 0.222 e. The molecule has 0 spiro atoms. The van der Waals surface area contributed by atoms with Crippen LogP contribution in [0.1, 0.15) is 17.5 Å². The molecule has 6 heteroatoms. The number of methoxy groups -OCH3 is 3. The molecule has 0 aromatic heterocycles. The molecule has 0 fully saturated rings. The van der Waals surface area contributed by atoms with E-state index in [1.165, 1.54) is 0 Å². The van der Waals surface area contributed by atoms with Crippen LogP contribution in [0, 0.1) is 0 Å². The monoisotopic (exact) mass is 435 g/mol. The number of carbonyl (C=O) groups is 1. The molecule has 2 aromatic rings. The molecule has 0 atom stereocenters. The van der Waals surface area contributed by atoms with E-state index < -0.39 is 0 Å². The van der Waals surface area contributed by atoms with Gasteiger partial charge in [0.25, 0.3) is 0 Å². The molecule has 0 unspecified atom stereocenters. The van der Waals surface area contributed by atoms with Crippen LogP contribution in [0.25, 0.3) is 0 Å². The summed E-state index contributed by atoms with van der Waals surface area (Å²) < 4.78 is 16.7. The highest BCUT2D eigenvalue weighted by molar-refractivity contribution is 9.10. The van der Waals surface area contributed by atoms with Crippen LogP contribution in [-0.2, 0) is 17.6 Å². The molecule has 0 saturated heterocycles. The number of ether oxygens (including phenoxy) is 3. The molecule has 0 aliphatic heterocycles. The third-order valence-corrected chi connectivity index (χ3v) is 5.07. The van der Waals surface area contributed by atoms with E-state index >= 15 is 0 Å². The second-order valence-corrected chi connectivity index (χ2v) is 7.08. The van der Waals surface area contributed by atoms with Gasteiger partial charge in [-0.1, -0.05) is 12.1 Å². The fourth-order valence-corrected chi connectivity index (χ4v) is 3.35. The van der Waals surface area contributed by atoms with E-state index in [2.05, 4.69) is 15.9 Å². The van der Waals surface area contributed by atoms with Gasteiger partial charge in [0.1, 0.15) is 5.75 Å². The maximum absolute atomic E-state index is 12.4. The topological polar surface area (TPSA) is 48.0 Å². The number of benzene rings is 2. The van der Waals surface area contributed by atoms with E-state index in [0.29, 0.717) is 30.9 Å². The van der Waals surface area contributed by atoms with Gasteiger partial charge in [-0.25, -0.2) is 0 Å². The number of amides is 1. The van der Waals surface area contributed by atoms with Gasteiger partial charge in [-0.15, -0.1) is 0 Å². The molecule has 146 valence electrons. The average Bonchev–Trinajstić information content (AvgIpc) is 2.69. The van der Waals surface area contributed by atoms with Crippen molar-refractivity contribution in [3.63, 3.8) is 0 Å². The van der Waals surface area contributed by atoms with Crippen molar-refractivity contribution < 1.29 is 19.0 Å². The Morgan fingerprint density at radius 3 is 2.07 bits per heavy atom. The van der Waals surface area contributed by atoms with E-state index in [0.717, 1.165) is 27.8 Å². The SMILES string of the molecule is COc1ccc(CCC(=O)N(C)CCc2ccc(OC)c(OC)c2)cc1Br.